The number of amides is 2. The van der Waals surface area contributed by atoms with Gasteiger partial charge in [0.2, 0.25) is 0 Å². The Morgan fingerprint density at radius 1 is 1.00 bits per heavy atom. The van der Waals surface area contributed by atoms with E-state index in [1.165, 1.54) is 17.9 Å². The van der Waals surface area contributed by atoms with Gasteiger partial charge in [-0.3, -0.25) is 9.59 Å². The third kappa shape index (κ3) is 5.41. The van der Waals surface area contributed by atoms with Gasteiger partial charge in [-0.15, -0.1) is 0 Å². The van der Waals surface area contributed by atoms with Gasteiger partial charge in [0.05, 0.1) is 11.1 Å². The first-order valence-corrected chi connectivity index (χ1v) is 8.81. The predicted molar refractivity (Wildman–Crippen MR) is 102 cm³/mol. The fourth-order valence-electron chi connectivity index (χ4n) is 2.58. The second-order valence-electron chi connectivity index (χ2n) is 6.13. The first kappa shape index (κ1) is 20.2. The molecule has 2 aromatic rings. The van der Waals surface area contributed by atoms with Crippen LogP contribution >= 0.6 is 0 Å². The van der Waals surface area contributed by atoms with Crippen LogP contribution in [0, 0.1) is 0 Å². The van der Waals surface area contributed by atoms with Crippen molar-refractivity contribution in [3.8, 4) is 0 Å². The Balaban J connectivity index is 2.15. The van der Waals surface area contributed by atoms with Crippen molar-refractivity contribution in [2.45, 2.75) is 26.5 Å². The van der Waals surface area contributed by atoms with Crippen molar-refractivity contribution in [1.82, 2.24) is 10.2 Å². The van der Waals surface area contributed by atoms with E-state index in [0.717, 1.165) is 5.56 Å². The normalized spacial score (nSPS) is 11.4. The zero-order valence-corrected chi connectivity index (χ0v) is 15.8. The van der Waals surface area contributed by atoms with Gasteiger partial charge in [-0.1, -0.05) is 42.5 Å². The molecule has 0 saturated carbocycles. The van der Waals surface area contributed by atoms with Gasteiger partial charge in [0.1, 0.15) is 0 Å². The summed E-state index contributed by atoms with van der Waals surface area (Å²) in [6.45, 7) is 4.14. The maximum atomic E-state index is 12.8. The van der Waals surface area contributed by atoms with Crippen molar-refractivity contribution in [3.05, 3.63) is 71.3 Å². The van der Waals surface area contributed by atoms with Crippen molar-refractivity contribution < 1.29 is 19.1 Å². The summed E-state index contributed by atoms with van der Waals surface area (Å²) < 4.78 is 5.22. The molecule has 0 aliphatic rings. The minimum atomic E-state index is -0.942. The summed E-state index contributed by atoms with van der Waals surface area (Å²) in [6, 6.07) is 16.0. The molecular weight excluding hydrogens is 344 g/mol. The largest absolute Gasteiger partial charge is 0.449 e. The van der Waals surface area contributed by atoms with Crippen molar-refractivity contribution >= 4 is 17.8 Å². The molecule has 0 aliphatic heterocycles. The summed E-state index contributed by atoms with van der Waals surface area (Å²) in [5.41, 5.74) is 1.36. The minimum Gasteiger partial charge on any atom is -0.449 e. The van der Waals surface area contributed by atoms with Gasteiger partial charge < -0.3 is 15.0 Å². The molecule has 0 spiro atoms. The number of benzene rings is 2. The van der Waals surface area contributed by atoms with E-state index < -0.39 is 12.1 Å². The van der Waals surface area contributed by atoms with Crippen LogP contribution in [0.15, 0.2) is 54.6 Å². The molecule has 2 aromatic carbocycles. The number of likely N-dealkylation sites (N-methyl/N-ethyl adjacent to an activating group) is 1. The first-order chi connectivity index (χ1) is 12.9. The molecule has 0 saturated heterocycles. The molecule has 0 bridgehead atoms. The summed E-state index contributed by atoms with van der Waals surface area (Å²) in [7, 11) is 1.68. The van der Waals surface area contributed by atoms with Crippen LogP contribution in [0.2, 0.25) is 0 Å². The van der Waals surface area contributed by atoms with Crippen LogP contribution in [0.4, 0.5) is 0 Å². The second-order valence-corrected chi connectivity index (χ2v) is 6.13. The number of esters is 1. The standard InChI is InChI=1S/C21H24N2O4/c1-4-22-19(24)15(2)27-21(26)18-13-9-8-12-17(18)20(25)23(3)14-16-10-6-5-7-11-16/h5-13,15H,4,14H2,1-3H3,(H,22,24)/t15-/m1/s1. The molecule has 27 heavy (non-hydrogen) atoms. The van der Waals surface area contributed by atoms with Crippen molar-refractivity contribution in [2.24, 2.45) is 0 Å². The number of ether oxygens (including phenoxy) is 1. The van der Waals surface area contributed by atoms with Gasteiger partial charge in [0.25, 0.3) is 11.8 Å². The molecule has 142 valence electrons. The van der Waals surface area contributed by atoms with E-state index >= 15 is 0 Å². The average Bonchev–Trinajstić information content (AvgIpc) is 2.68. The lowest BCUT2D eigenvalue weighted by Crippen LogP contribution is -2.36. The molecule has 0 aromatic heterocycles. The lowest BCUT2D eigenvalue weighted by atomic mass is 10.1. The highest BCUT2D eigenvalue weighted by atomic mass is 16.5. The number of nitrogens with zero attached hydrogens (tertiary/aromatic N) is 1. The number of rotatable bonds is 7. The SMILES string of the molecule is CCNC(=O)[C@@H](C)OC(=O)c1ccccc1C(=O)N(C)Cc1ccccc1. The number of hydrogen-bond donors (Lipinski definition) is 1. The van der Waals surface area contributed by atoms with Crippen LogP contribution in [0.25, 0.3) is 0 Å². The summed E-state index contributed by atoms with van der Waals surface area (Å²) in [5, 5.41) is 2.59. The minimum absolute atomic E-state index is 0.138. The number of nitrogens with one attached hydrogen (secondary N) is 1. The third-order valence-electron chi connectivity index (χ3n) is 3.99. The summed E-state index contributed by atoms with van der Waals surface area (Å²) in [4.78, 5) is 38.6. The van der Waals surface area contributed by atoms with E-state index in [1.54, 1.807) is 32.2 Å². The highest BCUT2D eigenvalue weighted by molar-refractivity contribution is 6.05. The maximum Gasteiger partial charge on any atom is 0.339 e. The Morgan fingerprint density at radius 2 is 1.59 bits per heavy atom. The van der Waals surface area contributed by atoms with E-state index in [2.05, 4.69) is 5.32 Å². The monoisotopic (exact) mass is 368 g/mol. The first-order valence-electron chi connectivity index (χ1n) is 8.81. The smallest absolute Gasteiger partial charge is 0.339 e. The van der Waals surface area contributed by atoms with E-state index in [-0.39, 0.29) is 22.9 Å². The van der Waals surface area contributed by atoms with Gasteiger partial charge in [0, 0.05) is 20.1 Å². The predicted octanol–water partition coefficient (Wildman–Crippen LogP) is 2.64. The second kappa shape index (κ2) is 9.52. The van der Waals surface area contributed by atoms with Gasteiger partial charge in [-0.05, 0) is 31.5 Å². The fourth-order valence-corrected chi connectivity index (χ4v) is 2.58. The molecule has 1 atom stereocenters. The average molecular weight is 368 g/mol. The molecular formula is C21H24N2O4. The Bertz CT molecular complexity index is 805. The molecule has 2 rings (SSSR count). The third-order valence-corrected chi connectivity index (χ3v) is 3.99. The lowest BCUT2D eigenvalue weighted by Gasteiger charge is -2.19. The highest BCUT2D eigenvalue weighted by Gasteiger charge is 2.24. The van der Waals surface area contributed by atoms with Crippen LogP contribution in [-0.2, 0) is 16.1 Å². The molecule has 1 N–H and O–H groups in total. The molecule has 0 radical (unpaired) electrons. The molecule has 0 unspecified atom stereocenters. The van der Waals surface area contributed by atoms with Crippen LogP contribution in [-0.4, -0.2) is 42.4 Å². The maximum absolute atomic E-state index is 12.8. The molecule has 0 fully saturated rings. The van der Waals surface area contributed by atoms with Crippen molar-refractivity contribution in [1.29, 1.82) is 0 Å². The van der Waals surface area contributed by atoms with Crippen molar-refractivity contribution in [2.75, 3.05) is 13.6 Å². The molecule has 0 aliphatic carbocycles. The Labute approximate surface area is 159 Å². The number of carbonyl (C=O) groups excluding carboxylic acids is 3. The zero-order valence-electron chi connectivity index (χ0n) is 15.8. The Kier molecular flexibility index (Phi) is 7.11. The van der Waals surface area contributed by atoms with E-state index in [4.69, 9.17) is 4.74 Å². The molecule has 6 heteroatoms. The summed E-state index contributed by atoms with van der Waals surface area (Å²) >= 11 is 0. The number of hydrogen-bond acceptors (Lipinski definition) is 4. The molecule has 2 amide bonds. The molecule has 6 nitrogen and oxygen atoms in total. The van der Waals surface area contributed by atoms with Gasteiger partial charge in [-0.25, -0.2) is 4.79 Å². The van der Waals surface area contributed by atoms with Crippen LogP contribution in [0.1, 0.15) is 40.1 Å². The van der Waals surface area contributed by atoms with Crippen LogP contribution < -0.4 is 5.32 Å². The van der Waals surface area contributed by atoms with E-state index in [0.29, 0.717) is 13.1 Å². The summed E-state index contributed by atoms with van der Waals surface area (Å²) in [5.74, 6) is -1.38. The fraction of sp³-hybridized carbons (Fsp3) is 0.286. The highest BCUT2D eigenvalue weighted by Crippen LogP contribution is 2.15. The quantitative estimate of drug-likeness (QED) is 0.763. The lowest BCUT2D eigenvalue weighted by molar-refractivity contribution is -0.128. The number of carbonyl (C=O) groups is 3. The molecule has 0 heterocycles. The van der Waals surface area contributed by atoms with Gasteiger partial charge in [-0.2, -0.15) is 0 Å². The summed E-state index contributed by atoms with van der Waals surface area (Å²) in [6.07, 6.45) is -0.942. The van der Waals surface area contributed by atoms with Crippen molar-refractivity contribution in [3.63, 3.8) is 0 Å². The van der Waals surface area contributed by atoms with E-state index in [9.17, 15) is 14.4 Å². The van der Waals surface area contributed by atoms with E-state index in [1.807, 2.05) is 30.3 Å². The van der Waals surface area contributed by atoms with Crippen LogP contribution in [0.3, 0.4) is 0 Å². The Morgan fingerprint density at radius 3 is 2.22 bits per heavy atom. The van der Waals surface area contributed by atoms with Gasteiger partial charge in [0.15, 0.2) is 6.10 Å². The topological polar surface area (TPSA) is 75.7 Å². The van der Waals surface area contributed by atoms with Gasteiger partial charge >= 0.3 is 5.97 Å². The Hall–Kier alpha value is -3.15. The van der Waals surface area contributed by atoms with Crippen LogP contribution in [0.5, 0.6) is 0 Å². The zero-order chi connectivity index (χ0) is 19.8.